The number of sulfonamides is 2. The molecule has 0 atom stereocenters. The maximum absolute atomic E-state index is 12.0. The Balaban J connectivity index is 0.000000211. The molecule has 0 unspecified atom stereocenters. The van der Waals surface area contributed by atoms with E-state index in [1.807, 2.05) is 9.44 Å². The van der Waals surface area contributed by atoms with Crippen molar-refractivity contribution >= 4 is 55.1 Å². The SMILES string of the molecule is O=C(NS(=O)(=O)c1ccccc1)c1ccccc1Cl.O=C(NS(=O)(=O)c1ccccc1)c1ccccc1Cl. The molecule has 4 aromatic rings. The molecule has 38 heavy (non-hydrogen) atoms. The number of nitrogens with one attached hydrogen (secondary N) is 2. The van der Waals surface area contributed by atoms with Crippen molar-refractivity contribution in [2.45, 2.75) is 9.79 Å². The van der Waals surface area contributed by atoms with Crippen LogP contribution < -0.4 is 9.44 Å². The van der Waals surface area contributed by atoms with Crippen molar-refractivity contribution < 1.29 is 26.4 Å². The van der Waals surface area contributed by atoms with Crippen LogP contribution in [0.3, 0.4) is 0 Å². The minimum absolute atomic E-state index is 0.0235. The number of hydrogen-bond acceptors (Lipinski definition) is 6. The van der Waals surface area contributed by atoms with Gasteiger partial charge in [-0.05, 0) is 48.5 Å². The lowest BCUT2D eigenvalue weighted by molar-refractivity contribution is 0.0972. The Kier molecular flexibility index (Phi) is 9.65. The smallest absolute Gasteiger partial charge is 0.266 e. The van der Waals surface area contributed by atoms with E-state index in [1.54, 1.807) is 60.7 Å². The normalized spacial score (nSPS) is 11.0. The van der Waals surface area contributed by atoms with E-state index < -0.39 is 31.9 Å². The lowest BCUT2D eigenvalue weighted by atomic mass is 10.2. The Bertz CT molecular complexity index is 1520. The molecule has 0 saturated carbocycles. The van der Waals surface area contributed by atoms with Gasteiger partial charge in [0.05, 0.1) is 31.0 Å². The van der Waals surface area contributed by atoms with E-state index in [0.717, 1.165) is 0 Å². The number of halogens is 2. The van der Waals surface area contributed by atoms with Gasteiger partial charge in [-0.1, -0.05) is 83.9 Å². The Morgan fingerprint density at radius 2 is 0.763 bits per heavy atom. The van der Waals surface area contributed by atoms with Crippen LogP contribution in [-0.4, -0.2) is 28.6 Å². The van der Waals surface area contributed by atoms with Crippen molar-refractivity contribution in [2.24, 2.45) is 0 Å². The van der Waals surface area contributed by atoms with E-state index >= 15 is 0 Å². The third-order valence-electron chi connectivity index (χ3n) is 4.80. The third-order valence-corrected chi connectivity index (χ3v) is 8.15. The fourth-order valence-corrected chi connectivity index (χ4v) is 5.38. The number of hydrogen-bond donors (Lipinski definition) is 2. The van der Waals surface area contributed by atoms with Gasteiger partial charge in [0.2, 0.25) is 0 Å². The summed E-state index contributed by atoms with van der Waals surface area (Å²) < 4.78 is 51.8. The molecule has 0 fully saturated rings. The lowest BCUT2D eigenvalue weighted by Crippen LogP contribution is -2.30. The molecule has 0 aliphatic carbocycles. The van der Waals surface area contributed by atoms with Crippen LogP contribution in [-0.2, 0) is 20.0 Å². The molecular formula is C26H20Cl2N2O6S2. The fourth-order valence-electron chi connectivity index (χ4n) is 2.96. The molecule has 0 spiro atoms. The first-order valence-electron chi connectivity index (χ1n) is 10.7. The summed E-state index contributed by atoms with van der Waals surface area (Å²) in [6, 6.07) is 27.8. The number of rotatable bonds is 6. The van der Waals surface area contributed by atoms with Gasteiger partial charge in [0.25, 0.3) is 31.9 Å². The van der Waals surface area contributed by atoms with Crippen LogP contribution in [0.2, 0.25) is 10.0 Å². The maximum atomic E-state index is 12.0. The zero-order valence-corrected chi connectivity index (χ0v) is 22.6. The van der Waals surface area contributed by atoms with Crippen molar-refractivity contribution in [2.75, 3.05) is 0 Å². The highest BCUT2D eigenvalue weighted by molar-refractivity contribution is 7.90. The van der Waals surface area contributed by atoms with Crippen LogP contribution in [0.15, 0.2) is 119 Å². The van der Waals surface area contributed by atoms with E-state index in [4.69, 9.17) is 23.2 Å². The van der Waals surface area contributed by atoms with Crippen LogP contribution in [0.25, 0.3) is 0 Å². The topological polar surface area (TPSA) is 126 Å². The third kappa shape index (κ3) is 7.65. The Labute approximate surface area is 230 Å². The maximum Gasteiger partial charge on any atom is 0.266 e. The molecule has 2 amide bonds. The molecule has 0 aliphatic rings. The Morgan fingerprint density at radius 3 is 1.08 bits per heavy atom. The minimum atomic E-state index is -3.88. The lowest BCUT2D eigenvalue weighted by Gasteiger charge is -2.07. The van der Waals surface area contributed by atoms with Gasteiger partial charge in [-0.15, -0.1) is 0 Å². The molecule has 0 bridgehead atoms. The highest BCUT2D eigenvalue weighted by atomic mass is 35.5. The molecule has 0 heterocycles. The predicted octanol–water partition coefficient (Wildman–Crippen LogP) is 4.92. The Hall–Kier alpha value is -3.70. The highest BCUT2D eigenvalue weighted by Crippen LogP contribution is 2.17. The van der Waals surface area contributed by atoms with E-state index in [9.17, 15) is 26.4 Å². The van der Waals surface area contributed by atoms with E-state index in [0.29, 0.717) is 0 Å². The molecule has 2 N–H and O–H groups in total. The zero-order chi connectivity index (χ0) is 27.8. The molecule has 0 aliphatic heterocycles. The fraction of sp³-hybridized carbons (Fsp3) is 0. The second kappa shape index (κ2) is 12.7. The number of carbonyl (C=O) groups is 2. The van der Waals surface area contributed by atoms with Crippen molar-refractivity contribution in [3.8, 4) is 0 Å². The summed E-state index contributed by atoms with van der Waals surface area (Å²) in [6.07, 6.45) is 0. The molecule has 0 radical (unpaired) electrons. The van der Waals surface area contributed by atoms with Crippen LogP contribution in [0.4, 0.5) is 0 Å². The van der Waals surface area contributed by atoms with Crippen molar-refractivity contribution in [1.82, 2.24) is 9.44 Å². The van der Waals surface area contributed by atoms with E-state index in [1.165, 1.54) is 48.5 Å². The van der Waals surface area contributed by atoms with Gasteiger partial charge in [0.1, 0.15) is 0 Å². The highest BCUT2D eigenvalue weighted by Gasteiger charge is 2.20. The van der Waals surface area contributed by atoms with Gasteiger partial charge in [-0.3, -0.25) is 9.59 Å². The van der Waals surface area contributed by atoms with Crippen LogP contribution in [0.1, 0.15) is 20.7 Å². The molecule has 12 heteroatoms. The van der Waals surface area contributed by atoms with Crippen LogP contribution in [0, 0.1) is 0 Å². The average molecular weight is 591 g/mol. The van der Waals surface area contributed by atoms with Gasteiger partial charge in [-0.25, -0.2) is 26.3 Å². The first-order valence-corrected chi connectivity index (χ1v) is 14.5. The van der Waals surface area contributed by atoms with Gasteiger partial charge < -0.3 is 0 Å². The first kappa shape index (κ1) is 28.9. The monoisotopic (exact) mass is 590 g/mol. The quantitative estimate of drug-likeness (QED) is 0.328. The summed E-state index contributed by atoms with van der Waals surface area (Å²) in [6.45, 7) is 0. The Morgan fingerprint density at radius 1 is 0.474 bits per heavy atom. The second-order valence-corrected chi connectivity index (χ2v) is 11.6. The average Bonchev–Trinajstić information content (AvgIpc) is 2.90. The van der Waals surface area contributed by atoms with Crippen LogP contribution >= 0.6 is 23.2 Å². The van der Waals surface area contributed by atoms with Gasteiger partial charge in [0.15, 0.2) is 0 Å². The minimum Gasteiger partial charge on any atom is -0.268 e. The second-order valence-electron chi connectivity index (χ2n) is 7.46. The first-order chi connectivity index (χ1) is 18.0. The number of amides is 2. The summed E-state index contributed by atoms with van der Waals surface area (Å²) >= 11 is 11.7. The van der Waals surface area contributed by atoms with E-state index in [-0.39, 0.29) is 31.0 Å². The van der Waals surface area contributed by atoms with Gasteiger partial charge >= 0.3 is 0 Å². The molecule has 196 valence electrons. The summed E-state index contributed by atoms with van der Waals surface area (Å²) in [5.74, 6) is -1.51. The summed E-state index contributed by atoms with van der Waals surface area (Å²) in [5, 5.41) is 0.395. The number of carbonyl (C=O) groups excluding carboxylic acids is 2. The van der Waals surface area contributed by atoms with E-state index in [2.05, 4.69) is 0 Å². The zero-order valence-electron chi connectivity index (χ0n) is 19.4. The summed E-state index contributed by atoms with van der Waals surface area (Å²) in [4.78, 5) is 23.8. The van der Waals surface area contributed by atoms with Crippen molar-refractivity contribution in [3.05, 3.63) is 130 Å². The molecule has 0 aromatic heterocycles. The largest absolute Gasteiger partial charge is 0.268 e. The van der Waals surface area contributed by atoms with Gasteiger partial charge in [0, 0.05) is 0 Å². The van der Waals surface area contributed by atoms with Crippen molar-refractivity contribution in [1.29, 1.82) is 0 Å². The molecule has 8 nitrogen and oxygen atoms in total. The summed E-state index contributed by atoms with van der Waals surface area (Å²) in [5.41, 5.74) is 0.229. The molecular weight excluding hydrogens is 571 g/mol. The summed E-state index contributed by atoms with van der Waals surface area (Å²) in [7, 11) is -7.77. The standard InChI is InChI=1S/2C13H10ClNO3S/c2*14-12-9-5-4-8-11(12)13(16)15-19(17,18)10-6-2-1-3-7-10/h2*1-9H,(H,15,16). The molecule has 0 saturated heterocycles. The van der Waals surface area contributed by atoms with Crippen molar-refractivity contribution in [3.63, 3.8) is 0 Å². The van der Waals surface area contributed by atoms with Crippen LogP contribution in [0.5, 0.6) is 0 Å². The molecule has 4 rings (SSSR count). The predicted molar refractivity (Wildman–Crippen MR) is 145 cm³/mol. The number of benzene rings is 4. The van der Waals surface area contributed by atoms with Gasteiger partial charge in [-0.2, -0.15) is 0 Å². The molecule has 4 aromatic carbocycles.